The number of anilines is 1. The van der Waals surface area contributed by atoms with E-state index in [4.69, 9.17) is 0 Å². The van der Waals surface area contributed by atoms with Gasteiger partial charge in [0.05, 0.1) is 9.47 Å². The van der Waals surface area contributed by atoms with E-state index < -0.39 is 10.0 Å². The first-order chi connectivity index (χ1) is 8.79. The fraction of sp³-hybridized carbons (Fsp3) is 0.167. The van der Waals surface area contributed by atoms with Crippen LogP contribution in [0.15, 0.2) is 32.3 Å². The maximum atomic E-state index is 12.2. The van der Waals surface area contributed by atoms with E-state index in [0.29, 0.717) is 0 Å². The lowest BCUT2D eigenvalue weighted by molar-refractivity contribution is 0.477. The summed E-state index contributed by atoms with van der Waals surface area (Å²) in [6.07, 6.45) is 0. The molecule has 0 spiro atoms. The molecule has 0 atom stereocenters. The molecule has 1 aromatic carbocycles. The summed E-state index contributed by atoms with van der Waals surface area (Å²) in [5, 5.41) is 9.73. The molecule has 0 fully saturated rings. The van der Waals surface area contributed by atoms with Gasteiger partial charge >= 0.3 is 0 Å². The van der Waals surface area contributed by atoms with Gasteiger partial charge in [-0.05, 0) is 59.1 Å². The van der Waals surface area contributed by atoms with Crippen molar-refractivity contribution in [1.82, 2.24) is 0 Å². The molecule has 19 heavy (non-hydrogen) atoms. The number of aromatic hydroxyl groups is 1. The summed E-state index contributed by atoms with van der Waals surface area (Å²) in [6, 6.07) is 6.36. The molecule has 4 nitrogen and oxygen atoms in total. The van der Waals surface area contributed by atoms with Crippen LogP contribution in [0.3, 0.4) is 0 Å². The molecule has 0 amide bonds. The minimum atomic E-state index is -3.67. The highest BCUT2D eigenvalue weighted by Crippen LogP contribution is 2.33. The van der Waals surface area contributed by atoms with E-state index in [1.54, 1.807) is 12.1 Å². The van der Waals surface area contributed by atoms with Crippen molar-refractivity contribution in [2.45, 2.75) is 18.1 Å². The number of rotatable bonds is 3. The molecule has 2 rings (SSSR count). The monoisotopic (exact) mass is 361 g/mol. The first-order valence-corrected chi connectivity index (χ1v) is 8.47. The lowest BCUT2D eigenvalue weighted by atomic mass is 10.2. The van der Waals surface area contributed by atoms with Crippen molar-refractivity contribution >= 4 is 43.0 Å². The van der Waals surface area contributed by atoms with Crippen LogP contribution in [0.25, 0.3) is 0 Å². The Morgan fingerprint density at radius 2 is 1.95 bits per heavy atom. The van der Waals surface area contributed by atoms with Gasteiger partial charge in [0.15, 0.2) is 0 Å². The van der Waals surface area contributed by atoms with Crippen LogP contribution in [0.1, 0.15) is 11.1 Å². The van der Waals surface area contributed by atoms with E-state index in [1.807, 2.05) is 13.8 Å². The smallest absolute Gasteiger partial charge is 0.271 e. The predicted molar refractivity (Wildman–Crippen MR) is 80.4 cm³/mol. The van der Waals surface area contributed by atoms with Crippen LogP contribution < -0.4 is 4.72 Å². The van der Waals surface area contributed by atoms with Gasteiger partial charge < -0.3 is 5.11 Å². The van der Waals surface area contributed by atoms with E-state index >= 15 is 0 Å². The van der Waals surface area contributed by atoms with E-state index in [-0.39, 0.29) is 15.6 Å². The Hall–Kier alpha value is -1.05. The van der Waals surface area contributed by atoms with Crippen molar-refractivity contribution < 1.29 is 13.5 Å². The van der Waals surface area contributed by atoms with E-state index in [1.165, 1.54) is 12.1 Å². The Labute approximate surface area is 124 Å². The second kappa shape index (κ2) is 5.15. The van der Waals surface area contributed by atoms with Crippen molar-refractivity contribution in [3.8, 4) is 5.75 Å². The van der Waals surface area contributed by atoms with Crippen molar-refractivity contribution in [3.05, 3.63) is 39.2 Å². The number of hydrogen-bond acceptors (Lipinski definition) is 4. The van der Waals surface area contributed by atoms with Crippen LogP contribution in [0, 0.1) is 13.8 Å². The molecule has 0 radical (unpaired) electrons. The fourth-order valence-corrected chi connectivity index (χ4v) is 4.79. The third kappa shape index (κ3) is 3.10. The van der Waals surface area contributed by atoms with Gasteiger partial charge in [-0.3, -0.25) is 4.72 Å². The van der Waals surface area contributed by atoms with E-state index in [2.05, 4.69) is 20.7 Å². The van der Waals surface area contributed by atoms with Gasteiger partial charge in [-0.2, -0.15) is 0 Å². The summed E-state index contributed by atoms with van der Waals surface area (Å²) < 4.78 is 27.7. The number of hydrogen-bond donors (Lipinski definition) is 2. The molecule has 7 heteroatoms. The average molecular weight is 362 g/mol. The number of phenolic OH excluding ortho intramolecular Hbond substituents is 1. The average Bonchev–Trinajstić information content (AvgIpc) is 2.64. The maximum absolute atomic E-state index is 12.2. The molecule has 0 aliphatic carbocycles. The second-order valence-corrected chi connectivity index (χ2v) is 8.43. The summed E-state index contributed by atoms with van der Waals surface area (Å²) in [4.78, 5) is 0. The number of benzene rings is 1. The number of sulfonamides is 1. The molecule has 0 saturated heterocycles. The molecule has 1 heterocycles. The predicted octanol–water partition coefficient (Wildman–Crippen LogP) is 3.63. The van der Waals surface area contributed by atoms with Crippen LogP contribution in [0.2, 0.25) is 0 Å². The second-order valence-electron chi connectivity index (χ2n) is 4.15. The van der Waals surface area contributed by atoms with Crippen LogP contribution in [-0.2, 0) is 10.0 Å². The Kier molecular flexibility index (Phi) is 3.89. The molecule has 0 aliphatic heterocycles. The van der Waals surface area contributed by atoms with Gasteiger partial charge in [0, 0.05) is 0 Å². The topological polar surface area (TPSA) is 66.4 Å². The molecule has 1 aromatic heterocycles. The molecule has 102 valence electrons. The quantitative estimate of drug-likeness (QED) is 0.820. The van der Waals surface area contributed by atoms with E-state index in [9.17, 15) is 13.5 Å². The lowest BCUT2D eigenvalue weighted by Gasteiger charge is -2.08. The van der Waals surface area contributed by atoms with Gasteiger partial charge in [0.25, 0.3) is 10.0 Å². The number of halogens is 1. The van der Waals surface area contributed by atoms with Crippen LogP contribution in [0.5, 0.6) is 5.75 Å². The van der Waals surface area contributed by atoms with E-state index in [0.717, 1.165) is 26.3 Å². The minimum Gasteiger partial charge on any atom is -0.506 e. The third-order valence-corrected chi connectivity index (χ3v) is 6.47. The Balaban J connectivity index is 2.36. The summed E-state index contributed by atoms with van der Waals surface area (Å²) in [6.45, 7) is 3.64. The van der Waals surface area contributed by atoms with Gasteiger partial charge in [-0.1, -0.05) is 6.07 Å². The Bertz CT molecular complexity index is 703. The summed E-state index contributed by atoms with van der Waals surface area (Å²) in [5.41, 5.74) is 1.89. The van der Waals surface area contributed by atoms with Gasteiger partial charge in [0.1, 0.15) is 9.96 Å². The molecular formula is C12H12BrNO3S2. The van der Waals surface area contributed by atoms with Gasteiger partial charge in [0.2, 0.25) is 0 Å². The Morgan fingerprint density at radius 1 is 1.26 bits per heavy atom. The summed E-state index contributed by atoms with van der Waals surface area (Å²) in [5.74, 6) is -0.0871. The molecular weight excluding hydrogens is 350 g/mol. The molecule has 0 aliphatic rings. The maximum Gasteiger partial charge on any atom is 0.271 e. The SMILES string of the molecule is Cc1ccc(NS(=O)(=O)c2cc(C)c(Br)s2)c(O)c1. The zero-order chi connectivity index (χ0) is 14.2. The van der Waals surface area contributed by atoms with Crippen molar-refractivity contribution in [2.24, 2.45) is 0 Å². The molecule has 0 unspecified atom stereocenters. The lowest BCUT2D eigenvalue weighted by Crippen LogP contribution is -2.11. The standard InChI is InChI=1S/C12H12BrNO3S2/c1-7-3-4-9(10(15)5-7)14-19(16,17)11-6-8(2)12(13)18-11/h3-6,14-15H,1-2H3. The van der Waals surface area contributed by atoms with Crippen molar-refractivity contribution in [1.29, 1.82) is 0 Å². The molecule has 2 aromatic rings. The van der Waals surface area contributed by atoms with Gasteiger partial charge in [-0.25, -0.2) is 8.42 Å². The summed E-state index contributed by atoms with van der Waals surface area (Å²) in [7, 11) is -3.67. The van der Waals surface area contributed by atoms with Crippen LogP contribution in [0.4, 0.5) is 5.69 Å². The minimum absolute atomic E-state index is 0.0871. The number of thiophene rings is 1. The molecule has 0 bridgehead atoms. The summed E-state index contributed by atoms with van der Waals surface area (Å²) >= 11 is 4.43. The third-order valence-electron chi connectivity index (χ3n) is 2.50. The normalized spacial score (nSPS) is 11.5. The van der Waals surface area contributed by atoms with Crippen LogP contribution in [-0.4, -0.2) is 13.5 Å². The Morgan fingerprint density at radius 3 is 2.47 bits per heavy atom. The highest BCUT2D eigenvalue weighted by atomic mass is 79.9. The van der Waals surface area contributed by atoms with Gasteiger partial charge in [-0.15, -0.1) is 11.3 Å². The number of nitrogens with one attached hydrogen (secondary N) is 1. The van der Waals surface area contributed by atoms with Crippen molar-refractivity contribution in [2.75, 3.05) is 4.72 Å². The van der Waals surface area contributed by atoms with Crippen molar-refractivity contribution in [3.63, 3.8) is 0 Å². The van der Waals surface area contributed by atoms with Crippen LogP contribution >= 0.6 is 27.3 Å². The first-order valence-electron chi connectivity index (χ1n) is 5.38. The number of phenols is 1. The largest absolute Gasteiger partial charge is 0.506 e. The highest BCUT2D eigenvalue weighted by Gasteiger charge is 2.19. The molecule has 0 saturated carbocycles. The zero-order valence-corrected chi connectivity index (χ0v) is 13.5. The zero-order valence-electron chi connectivity index (χ0n) is 10.3. The fourth-order valence-electron chi connectivity index (χ4n) is 1.49. The molecule has 2 N–H and O–H groups in total. The number of aryl methyl sites for hydroxylation is 2. The highest BCUT2D eigenvalue weighted by molar-refractivity contribution is 9.11. The first kappa shape index (κ1) is 14.4.